The van der Waals surface area contributed by atoms with Crippen LogP contribution in [0.4, 0.5) is 11.4 Å². The summed E-state index contributed by atoms with van der Waals surface area (Å²) in [6, 6.07) is 10.5. The van der Waals surface area contributed by atoms with Crippen molar-refractivity contribution in [2.24, 2.45) is 0 Å². The van der Waals surface area contributed by atoms with E-state index < -0.39 is 0 Å². The Labute approximate surface area is 124 Å². The molecule has 2 rings (SSSR count). The summed E-state index contributed by atoms with van der Waals surface area (Å²) < 4.78 is 0.691. The molecule has 0 aliphatic carbocycles. The first kappa shape index (κ1) is 13.9. The first-order valence-electron chi connectivity index (χ1n) is 5.60. The summed E-state index contributed by atoms with van der Waals surface area (Å²) in [6.07, 6.45) is 0. The van der Waals surface area contributed by atoms with Gasteiger partial charge in [0.15, 0.2) is 0 Å². The Kier molecular flexibility index (Phi) is 4.12. The number of carbonyl (C=O) groups excluding carboxylic acids is 1. The normalized spacial score (nSPS) is 10.3. The maximum atomic E-state index is 12.2. The molecule has 19 heavy (non-hydrogen) atoms. The SMILES string of the molecule is Cc1cccc(Cl)c1NC(=O)c1ccc(N)c(Br)c1. The molecule has 98 valence electrons. The molecule has 5 heteroatoms. The van der Waals surface area contributed by atoms with Crippen LogP contribution >= 0.6 is 27.5 Å². The van der Waals surface area contributed by atoms with Crippen molar-refractivity contribution >= 4 is 44.8 Å². The number of benzene rings is 2. The van der Waals surface area contributed by atoms with Crippen molar-refractivity contribution < 1.29 is 4.79 Å². The summed E-state index contributed by atoms with van der Waals surface area (Å²) in [5.41, 5.74) is 8.33. The van der Waals surface area contributed by atoms with E-state index in [1.807, 2.05) is 19.1 Å². The highest BCUT2D eigenvalue weighted by molar-refractivity contribution is 9.10. The lowest BCUT2D eigenvalue weighted by Crippen LogP contribution is -2.13. The summed E-state index contributed by atoms with van der Waals surface area (Å²) in [6.45, 7) is 1.89. The van der Waals surface area contributed by atoms with Crippen molar-refractivity contribution in [3.8, 4) is 0 Å². The Balaban J connectivity index is 2.28. The third-order valence-electron chi connectivity index (χ3n) is 2.72. The van der Waals surface area contributed by atoms with Crippen LogP contribution in [0.1, 0.15) is 15.9 Å². The van der Waals surface area contributed by atoms with Crippen LogP contribution in [0.5, 0.6) is 0 Å². The van der Waals surface area contributed by atoms with Gasteiger partial charge in [-0.3, -0.25) is 4.79 Å². The van der Waals surface area contributed by atoms with E-state index in [2.05, 4.69) is 21.2 Å². The second-order valence-corrected chi connectivity index (χ2v) is 5.38. The number of carbonyl (C=O) groups is 1. The molecule has 0 aliphatic heterocycles. The van der Waals surface area contributed by atoms with E-state index >= 15 is 0 Å². The maximum absolute atomic E-state index is 12.2. The van der Waals surface area contributed by atoms with Crippen LogP contribution in [0.15, 0.2) is 40.9 Å². The van der Waals surface area contributed by atoms with Crippen LogP contribution in [-0.4, -0.2) is 5.91 Å². The number of halogens is 2. The third-order valence-corrected chi connectivity index (χ3v) is 3.72. The van der Waals surface area contributed by atoms with Gasteiger partial charge in [-0.2, -0.15) is 0 Å². The van der Waals surface area contributed by atoms with Gasteiger partial charge in [-0.15, -0.1) is 0 Å². The molecule has 0 saturated carbocycles. The number of hydrogen-bond acceptors (Lipinski definition) is 2. The Morgan fingerprint density at radius 2 is 2.05 bits per heavy atom. The van der Waals surface area contributed by atoms with Gasteiger partial charge in [0.1, 0.15) is 0 Å². The molecule has 0 spiro atoms. The highest BCUT2D eigenvalue weighted by atomic mass is 79.9. The fraction of sp³-hybridized carbons (Fsp3) is 0.0714. The standard InChI is InChI=1S/C14H12BrClN2O/c1-8-3-2-4-11(16)13(8)18-14(19)9-5-6-12(17)10(15)7-9/h2-7H,17H2,1H3,(H,18,19). The number of nitrogen functional groups attached to an aromatic ring is 1. The first-order valence-corrected chi connectivity index (χ1v) is 6.77. The van der Waals surface area contributed by atoms with Gasteiger partial charge in [-0.1, -0.05) is 23.7 Å². The van der Waals surface area contributed by atoms with Gasteiger partial charge in [-0.05, 0) is 52.7 Å². The summed E-state index contributed by atoms with van der Waals surface area (Å²) >= 11 is 9.37. The van der Waals surface area contributed by atoms with E-state index in [4.69, 9.17) is 17.3 Å². The summed E-state index contributed by atoms with van der Waals surface area (Å²) in [5.74, 6) is -0.225. The monoisotopic (exact) mass is 338 g/mol. The van der Waals surface area contributed by atoms with Gasteiger partial charge >= 0.3 is 0 Å². The predicted octanol–water partition coefficient (Wildman–Crippen LogP) is 4.25. The minimum atomic E-state index is -0.225. The van der Waals surface area contributed by atoms with Gasteiger partial charge in [0.25, 0.3) is 5.91 Å². The molecule has 3 nitrogen and oxygen atoms in total. The topological polar surface area (TPSA) is 55.1 Å². The number of aryl methyl sites for hydroxylation is 1. The Bertz CT molecular complexity index is 623. The van der Waals surface area contributed by atoms with Crippen molar-refractivity contribution in [2.75, 3.05) is 11.1 Å². The van der Waals surface area contributed by atoms with Crippen LogP contribution in [0, 0.1) is 6.92 Å². The Morgan fingerprint density at radius 1 is 1.32 bits per heavy atom. The van der Waals surface area contributed by atoms with Crippen LogP contribution in [0.25, 0.3) is 0 Å². The van der Waals surface area contributed by atoms with Crippen molar-refractivity contribution in [1.29, 1.82) is 0 Å². The number of rotatable bonds is 2. The molecule has 0 aliphatic rings. The average Bonchev–Trinajstić information content (AvgIpc) is 2.37. The quantitative estimate of drug-likeness (QED) is 0.804. The summed E-state index contributed by atoms with van der Waals surface area (Å²) in [4.78, 5) is 12.2. The lowest BCUT2D eigenvalue weighted by atomic mass is 10.1. The summed E-state index contributed by atoms with van der Waals surface area (Å²) in [7, 11) is 0. The van der Waals surface area contributed by atoms with E-state index in [0.717, 1.165) is 5.56 Å². The minimum Gasteiger partial charge on any atom is -0.398 e. The Hall–Kier alpha value is -1.52. The van der Waals surface area contributed by atoms with Crippen molar-refractivity contribution in [1.82, 2.24) is 0 Å². The molecule has 0 unspecified atom stereocenters. The van der Waals surface area contributed by atoms with Crippen molar-refractivity contribution in [2.45, 2.75) is 6.92 Å². The van der Waals surface area contributed by atoms with E-state index in [-0.39, 0.29) is 5.91 Å². The predicted molar refractivity (Wildman–Crippen MR) is 82.7 cm³/mol. The molecule has 2 aromatic rings. The molecule has 1 amide bonds. The smallest absolute Gasteiger partial charge is 0.255 e. The number of hydrogen-bond donors (Lipinski definition) is 2. The summed E-state index contributed by atoms with van der Waals surface area (Å²) in [5, 5.41) is 3.33. The van der Waals surface area contributed by atoms with Gasteiger partial charge in [0.2, 0.25) is 0 Å². The van der Waals surface area contributed by atoms with E-state index in [1.54, 1.807) is 24.3 Å². The maximum Gasteiger partial charge on any atom is 0.255 e. The van der Waals surface area contributed by atoms with Crippen LogP contribution in [-0.2, 0) is 0 Å². The van der Waals surface area contributed by atoms with Gasteiger partial charge in [0.05, 0.1) is 10.7 Å². The fourth-order valence-electron chi connectivity index (χ4n) is 1.64. The average molecular weight is 340 g/mol. The highest BCUT2D eigenvalue weighted by Gasteiger charge is 2.11. The minimum absolute atomic E-state index is 0.225. The van der Waals surface area contributed by atoms with Gasteiger partial charge in [-0.25, -0.2) is 0 Å². The van der Waals surface area contributed by atoms with Gasteiger partial charge < -0.3 is 11.1 Å². The molecule has 0 heterocycles. The van der Waals surface area contributed by atoms with Gasteiger partial charge in [0, 0.05) is 15.7 Å². The second-order valence-electron chi connectivity index (χ2n) is 4.12. The van der Waals surface area contributed by atoms with Crippen molar-refractivity contribution in [3.05, 3.63) is 57.0 Å². The molecule has 0 bridgehead atoms. The van der Waals surface area contributed by atoms with Crippen LogP contribution < -0.4 is 11.1 Å². The number of nitrogens with one attached hydrogen (secondary N) is 1. The van der Waals surface area contributed by atoms with Crippen molar-refractivity contribution in [3.63, 3.8) is 0 Å². The molecule has 0 aromatic heterocycles. The zero-order valence-corrected chi connectivity index (χ0v) is 12.5. The number of para-hydroxylation sites is 1. The molecule has 0 fully saturated rings. The molecule has 3 N–H and O–H groups in total. The lowest BCUT2D eigenvalue weighted by molar-refractivity contribution is 0.102. The second kappa shape index (κ2) is 5.63. The zero-order chi connectivity index (χ0) is 14.0. The zero-order valence-electron chi connectivity index (χ0n) is 10.2. The van der Waals surface area contributed by atoms with E-state index in [1.165, 1.54) is 0 Å². The van der Waals surface area contributed by atoms with Crippen LogP contribution in [0.3, 0.4) is 0 Å². The third kappa shape index (κ3) is 3.08. The number of anilines is 2. The molecule has 2 aromatic carbocycles. The number of amides is 1. The molecule has 0 saturated heterocycles. The molecule has 0 atom stereocenters. The Morgan fingerprint density at radius 3 is 2.68 bits per heavy atom. The number of nitrogens with two attached hydrogens (primary N) is 1. The lowest BCUT2D eigenvalue weighted by Gasteiger charge is -2.10. The largest absolute Gasteiger partial charge is 0.398 e. The van der Waals surface area contributed by atoms with E-state index in [9.17, 15) is 4.79 Å². The molecule has 0 radical (unpaired) electrons. The first-order chi connectivity index (χ1) is 8.99. The van der Waals surface area contributed by atoms with E-state index in [0.29, 0.717) is 26.4 Å². The molecular formula is C14H12BrClN2O. The highest BCUT2D eigenvalue weighted by Crippen LogP contribution is 2.26. The molecular weight excluding hydrogens is 328 g/mol. The fourth-order valence-corrected chi connectivity index (χ4v) is 2.29. The van der Waals surface area contributed by atoms with Crippen LogP contribution in [0.2, 0.25) is 5.02 Å².